The van der Waals surface area contributed by atoms with Crippen molar-refractivity contribution in [3.8, 4) is 11.5 Å². The molecule has 4 aromatic rings. The van der Waals surface area contributed by atoms with E-state index < -0.39 is 0 Å². The van der Waals surface area contributed by atoms with Gasteiger partial charge in [0.1, 0.15) is 5.02 Å². The van der Waals surface area contributed by atoms with Crippen molar-refractivity contribution < 1.29 is 9.84 Å². The molecule has 2 aromatic heterocycles. The lowest BCUT2D eigenvalue weighted by molar-refractivity contribution is 0.318. The second-order valence-electron chi connectivity index (χ2n) is 5.51. The number of ether oxygens (including phenoxy) is 1. The molecule has 0 aliphatic carbocycles. The van der Waals surface area contributed by atoms with Gasteiger partial charge in [0.15, 0.2) is 16.5 Å². The number of phenolic OH excluding ortho intramolecular Hbond substituents is 1. The molecule has 5 nitrogen and oxygen atoms in total. The summed E-state index contributed by atoms with van der Waals surface area (Å²) in [6, 6.07) is 9.16. The largest absolute Gasteiger partial charge is 0.503 e. The molecule has 0 bridgehead atoms. The van der Waals surface area contributed by atoms with Crippen molar-refractivity contribution in [2.45, 2.75) is 6.92 Å². The second kappa shape index (κ2) is 6.57. The average Bonchev–Trinajstić information content (AvgIpc) is 3.14. The summed E-state index contributed by atoms with van der Waals surface area (Å²) < 4.78 is 8.03. The predicted molar refractivity (Wildman–Crippen MR) is 108 cm³/mol. The van der Waals surface area contributed by atoms with Crippen LogP contribution in [0.4, 0.5) is 0 Å². The Morgan fingerprint density at radius 1 is 1.42 bits per heavy atom. The highest BCUT2D eigenvalue weighted by atomic mass is 79.9. The molecule has 0 radical (unpaired) electrons. The van der Waals surface area contributed by atoms with Gasteiger partial charge >= 0.3 is 0 Å². The highest BCUT2D eigenvalue weighted by molar-refractivity contribution is 9.10. The van der Waals surface area contributed by atoms with Crippen molar-refractivity contribution in [1.29, 1.82) is 0 Å². The summed E-state index contributed by atoms with van der Waals surface area (Å²) in [7, 11) is 0. The third-order valence-electron chi connectivity index (χ3n) is 3.91. The lowest BCUT2D eigenvalue weighted by atomic mass is 10.2. The highest BCUT2D eigenvalue weighted by Crippen LogP contribution is 2.41. The minimum absolute atomic E-state index is 0.133. The number of halogens is 2. The number of nitrogens with zero attached hydrogens (tertiary/aromatic N) is 2. The molecule has 132 valence electrons. The molecule has 4 rings (SSSR count). The molecule has 0 atom stereocenters. The summed E-state index contributed by atoms with van der Waals surface area (Å²) in [6.07, 6.45) is 1.72. The number of fused-ring (bicyclic) bond motifs is 3. The van der Waals surface area contributed by atoms with Gasteiger partial charge < -0.3 is 9.84 Å². The van der Waals surface area contributed by atoms with E-state index in [1.165, 1.54) is 11.3 Å². The van der Waals surface area contributed by atoms with E-state index in [9.17, 15) is 9.90 Å². The second-order valence-corrected chi connectivity index (χ2v) is 7.69. The number of thiazole rings is 1. The molecule has 2 aromatic carbocycles. The third-order valence-corrected chi connectivity index (χ3v) is 6.33. The minimum atomic E-state index is -0.146. The van der Waals surface area contributed by atoms with Gasteiger partial charge in [0.25, 0.3) is 5.56 Å². The minimum Gasteiger partial charge on any atom is -0.503 e. The highest BCUT2D eigenvalue weighted by Gasteiger charge is 2.16. The van der Waals surface area contributed by atoms with Crippen LogP contribution in [0.2, 0.25) is 5.02 Å². The summed E-state index contributed by atoms with van der Waals surface area (Å²) >= 11 is 10.8. The van der Waals surface area contributed by atoms with E-state index in [0.717, 1.165) is 11.0 Å². The molecule has 0 spiro atoms. The van der Waals surface area contributed by atoms with E-state index in [1.807, 2.05) is 31.2 Å². The quantitative estimate of drug-likeness (QED) is 0.512. The van der Waals surface area contributed by atoms with Crippen molar-refractivity contribution >= 4 is 60.9 Å². The summed E-state index contributed by atoms with van der Waals surface area (Å²) in [5, 5.41) is 10.2. The standard InChI is InChI=1S/C18H12BrClN2O3S/c1-2-25-12-7-9(14(19)15(20)16(12)23)8-13-17(24)22-11-6-4-3-5-10(11)21-18(22)26-13/h3-8,23H,2H2,1H3. The number of para-hydroxylation sites is 2. The lowest BCUT2D eigenvalue weighted by Gasteiger charge is -2.10. The Hall–Kier alpha value is -2.09. The first kappa shape index (κ1) is 17.3. The van der Waals surface area contributed by atoms with Crippen LogP contribution in [0.1, 0.15) is 12.5 Å². The maximum Gasteiger partial charge on any atom is 0.274 e. The SMILES string of the molecule is CCOc1cc(C=c2sc3nc4ccccc4n3c2=O)c(Br)c(Cl)c1O. The Labute approximate surface area is 165 Å². The van der Waals surface area contributed by atoms with Gasteiger partial charge in [-0.05, 0) is 52.7 Å². The van der Waals surface area contributed by atoms with Crippen molar-refractivity contribution in [2.24, 2.45) is 0 Å². The van der Waals surface area contributed by atoms with E-state index in [-0.39, 0.29) is 22.1 Å². The van der Waals surface area contributed by atoms with Gasteiger partial charge in [0.05, 0.1) is 22.2 Å². The molecular weight excluding hydrogens is 440 g/mol. The van der Waals surface area contributed by atoms with Crippen molar-refractivity contribution in [3.05, 3.63) is 60.3 Å². The van der Waals surface area contributed by atoms with Crippen molar-refractivity contribution in [3.63, 3.8) is 0 Å². The lowest BCUT2D eigenvalue weighted by Crippen LogP contribution is -2.22. The van der Waals surface area contributed by atoms with Crippen LogP contribution in [0.5, 0.6) is 11.5 Å². The van der Waals surface area contributed by atoms with Crippen LogP contribution in [0.3, 0.4) is 0 Å². The summed E-state index contributed by atoms with van der Waals surface area (Å²) in [6.45, 7) is 2.20. The Kier molecular flexibility index (Phi) is 4.38. The van der Waals surface area contributed by atoms with E-state index >= 15 is 0 Å². The molecule has 0 amide bonds. The fourth-order valence-electron chi connectivity index (χ4n) is 2.74. The van der Waals surface area contributed by atoms with Gasteiger partial charge in [-0.25, -0.2) is 9.38 Å². The van der Waals surface area contributed by atoms with Crippen molar-refractivity contribution in [1.82, 2.24) is 9.38 Å². The van der Waals surface area contributed by atoms with Crippen LogP contribution >= 0.6 is 38.9 Å². The van der Waals surface area contributed by atoms with Crippen LogP contribution in [-0.4, -0.2) is 21.1 Å². The van der Waals surface area contributed by atoms with E-state index in [1.54, 1.807) is 16.5 Å². The number of aromatic hydroxyl groups is 1. The Bertz CT molecular complexity index is 1270. The zero-order valence-corrected chi connectivity index (χ0v) is 16.7. The molecule has 0 unspecified atom stereocenters. The fourth-order valence-corrected chi connectivity index (χ4v) is 4.33. The van der Waals surface area contributed by atoms with Crippen LogP contribution in [0.15, 0.2) is 39.6 Å². The summed E-state index contributed by atoms with van der Waals surface area (Å²) in [5.41, 5.74) is 2.06. The molecule has 0 aliphatic rings. The summed E-state index contributed by atoms with van der Waals surface area (Å²) in [5.74, 6) is 0.137. The molecule has 0 aliphatic heterocycles. The van der Waals surface area contributed by atoms with Gasteiger partial charge in [-0.1, -0.05) is 35.1 Å². The first-order chi connectivity index (χ1) is 12.5. The van der Waals surface area contributed by atoms with Crippen molar-refractivity contribution in [2.75, 3.05) is 6.61 Å². The average molecular weight is 452 g/mol. The number of rotatable bonds is 3. The smallest absolute Gasteiger partial charge is 0.274 e. The fraction of sp³-hybridized carbons (Fsp3) is 0.111. The molecule has 8 heteroatoms. The Morgan fingerprint density at radius 3 is 2.96 bits per heavy atom. The monoisotopic (exact) mass is 450 g/mol. The van der Waals surface area contributed by atoms with Gasteiger partial charge in [-0.3, -0.25) is 4.79 Å². The maximum atomic E-state index is 12.9. The topological polar surface area (TPSA) is 63.8 Å². The number of hydrogen-bond donors (Lipinski definition) is 1. The molecular formula is C18H12BrClN2O3S. The number of benzene rings is 2. The molecule has 26 heavy (non-hydrogen) atoms. The van der Waals surface area contributed by atoms with Crippen LogP contribution in [0.25, 0.3) is 22.1 Å². The zero-order chi connectivity index (χ0) is 18.4. The molecule has 0 saturated heterocycles. The number of hydrogen-bond acceptors (Lipinski definition) is 5. The Morgan fingerprint density at radius 2 is 2.19 bits per heavy atom. The molecule has 0 fully saturated rings. The number of phenols is 1. The number of imidazole rings is 1. The summed E-state index contributed by atoms with van der Waals surface area (Å²) in [4.78, 5) is 18.0. The van der Waals surface area contributed by atoms with Crippen LogP contribution < -0.4 is 14.8 Å². The Balaban J connectivity index is 1.97. The van der Waals surface area contributed by atoms with E-state index in [2.05, 4.69) is 20.9 Å². The predicted octanol–water partition coefficient (Wildman–Crippen LogP) is 3.98. The molecule has 1 N–H and O–H groups in total. The van der Waals surface area contributed by atoms with Gasteiger partial charge in [-0.2, -0.15) is 0 Å². The molecule has 0 saturated carbocycles. The normalized spacial score (nSPS) is 12.3. The van der Waals surface area contributed by atoms with E-state index in [4.69, 9.17) is 16.3 Å². The van der Waals surface area contributed by atoms with Gasteiger partial charge in [0.2, 0.25) is 0 Å². The zero-order valence-electron chi connectivity index (χ0n) is 13.5. The van der Waals surface area contributed by atoms with Crippen LogP contribution in [0, 0.1) is 0 Å². The first-order valence-electron chi connectivity index (χ1n) is 7.76. The molecule has 2 heterocycles. The maximum absolute atomic E-state index is 12.9. The third kappa shape index (κ3) is 2.67. The van der Waals surface area contributed by atoms with Crippen LogP contribution in [-0.2, 0) is 0 Å². The first-order valence-corrected chi connectivity index (χ1v) is 9.75. The number of aromatic nitrogens is 2. The van der Waals surface area contributed by atoms with Gasteiger partial charge in [-0.15, -0.1) is 0 Å². The van der Waals surface area contributed by atoms with Gasteiger partial charge in [0, 0.05) is 4.47 Å². The van der Waals surface area contributed by atoms with E-state index in [0.29, 0.717) is 26.1 Å².